The molecule has 13 rings (SSSR count). The zero-order valence-electron chi connectivity index (χ0n) is 33.5. The van der Waals surface area contributed by atoms with Crippen LogP contribution in [-0.4, -0.2) is 4.57 Å². The summed E-state index contributed by atoms with van der Waals surface area (Å²) in [5, 5.41) is 9.61. The lowest BCUT2D eigenvalue weighted by molar-refractivity contribution is 0.670. The van der Waals surface area contributed by atoms with Crippen LogP contribution in [0.4, 0.5) is 17.1 Å². The Kier molecular flexibility index (Phi) is 7.78. The normalized spacial score (nSPS) is 11.9. The Bertz CT molecular complexity index is 3830. The Morgan fingerprint density at radius 1 is 0.403 bits per heavy atom. The minimum Gasteiger partial charge on any atom is -0.455 e. The Labute approximate surface area is 361 Å². The molecule has 0 atom stereocenters. The van der Waals surface area contributed by atoms with Gasteiger partial charge in [-0.3, -0.25) is 0 Å². The summed E-state index contributed by atoms with van der Waals surface area (Å²) in [6, 6.07) is 79.1. The lowest BCUT2D eigenvalue weighted by Crippen LogP contribution is -2.11. The predicted octanol–water partition coefficient (Wildman–Crippen LogP) is 17.0. The van der Waals surface area contributed by atoms with Crippen LogP contribution in [0.1, 0.15) is 0 Å². The molecule has 3 heterocycles. The third kappa shape index (κ3) is 5.30. The highest BCUT2D eigenvalue weighted by Crippen LogP contribution is 2.50. The number of furan rings is 1. The molecule has 13 aromatic rings. The van der Waals surface area contributed by atoms with E-state index in [0.717, 1.165) is 66.9 Å². The topological polar surface area (TPSA) is 21.3 Å². The molecule has 0 amide bonds. The fraction of sp³-hybridized carbons (Fsp3) is 0. The van der Waals surface area contributed by atoms with Crippen LogP contribution < -0.4 is 4.90 Å². The fourth-order valence-electron chi connectivity index (χ4n) is 9.85. The number of anilines is 3. The number of para-hydroxylation sites is 3. The van der Waals surface area contributed by atoms with Crippen LogP contribution in [0.3, 0.4) is 0 Å². The third-order valence-corrected chi connectivity index (χ3v) is 13.7. The Morgan fingerprint density at radius 2 is 1.03 bits per heavy atom. The van der Waals surface area contributed by atoms with E-state index in [1.807, 2.05) is 11.3 Å². The molecule has 0 aliphatic carbocycles. The summed E-state index contributed by atoms with van der Waals surface area (Å²) in [6.07, 6.45) is 0. The highest BCUT2D eigenvalue weighted by Gasteiger charge is 2.25. The summed E-state index contributed by atoms with van der Waals surface area (Å²) in [7, 11) is 0. The van der Waals surface area contributed by atoms with E-state index >= 15 is 0 Å². The zero-order chi connectivity index (χ0) is 40.7. The van der Waals surface area contributed by atoms with Crippen LogP contribution in [0.15, 0.2) is 223 Å². The fourth-order valence-corrected chi connectivity index (χ4v) is 11.0. The van der Waals surface area contributed by atoms with Gasteiger partial charge in [0, 0.05) is 53.3 Å². The first-order valence-electron chi connectivity index (χ1n) is 21.1. The average molecular weight is 809 g/mol. The van der Waals surface area contributed by atoms with E-state index < -0.39 is 0 Å². The van der Waals surface area contributed by atoms with Gasteiger partial charge in [-0.1, -0.05) is 146 Å². The second kappa shape index (κ2) is 13.8. The van der Waals surface area contributed by atoms with Crippen molar-refractivity contribution in [1.29, 1.82) is 0 Å². The number of rotatable bonds is 6. The summed E-state index contributed by atoms with van der Waals surface area (Å²) in [5.74, 6) is 0. The summed E-state index contributed by atoms with van der Waals surface area (Å²) in [5.41, 5.74) is 13.1. The van der Waals surface area contributed by atoms with E-state index in [0.29, 0.717) is 0 Å². The monoisotopic (exact) mass is 808 g/mol. The molecule has 3 aromatic heterocycles. The molecular formula is C58H36N2OS. The smallest absolute Gasteiger partial charge is 0.145 e. The van der Waals surface area contributed by atoms with E-state index in [4.69, 9.17) is 4.42 Å². The van der Waals surface area contributed by atoms with Crippen molar-refractivity contribution < 1.29 is 4.42 Å². The molecular weight excluding hydrogens is 773 g/mol. The molecule has 0 spiro atoms. The molecule has 10 aromatic carbocycles. The number of fused-ring (bicyclic) bond motifs is 10. The molecule has 4 heteroatoms. The zero-order valence-corrected chi connectivity index (χ0v) is 34.3. The first-order chi connectivity index (χ1) is 30.8. The van der Waals surface area contributed by atoms with Crippen LogP contribution in [0.5, 0.6) is 0 Å². The third-order valence-electron chi connectivity index (χ3n) is 12.6. The van der Waals surface area contributed by atoms with Gasteiger partial charge in [0.25, 0.3) is 0 Å². The first kappa shape index (κ1) is 34.9. The number of benzene rings is 10. The van der Waals surface area contributed by atoms with E-state index in [9.17, 15) is 0 Å². The van der Waals surface area contributed by atoms with Crippen LogP contribution in [-0.2, 0) is 0 Å². The number of nitrogens with zero attached hydrogens (tertiary/aromatic N) is 2. The molecule has 3 nitrogen and oxygen atoms in total. The Hall–Kier alpha value is -7.92. The summed E-state index contributed by atoms with van der Waals surface area (Å²) < 4.78 is 11.9. The van der Waals surface area contributed by atoms with Crippen LogP contribution in [0.25, 0.3) is 103 Å². The SMILES string of the molecule is c1cc(-c2ccc(N(c3cccc4sc5ccccc5c34)c3ccc(-c4cccc5ccccc45)c4oc5ccccc5c34)cc2)cc(-n2c3ccccc3c3ccccc32)c1. The quantitative estimate of drug-likeness (QED) is 0.167. The summed E-state index contributed by atoms with van der Waals surface area (Å²) in [4.78, 5) is 2.46. The molecule has 0 radical (unpaired) electrons. The van der Waals surface area contributed by atoms with Gasteiger partial charge in [-0.05, 0) is 100 Å². The summed E-state index contributed by atoms with van der Waals surface area (Å²) in [6.45, 7) is 0. The number of hydrogen-bond acceptors (Lipinski definition) is 3. The van der Waals surface area contributed by atoms with E-state index in [1.165, 1.54) is 52.8 Å². The summed E-state index contributed by atoms with van der Waals surface area (Å²) >= 11 is 1.85. The van der Waals surface area contributed by atoms with Crippen LogP contribution in [0, 0.1) is 0 Å². The second-order valence-electron chi connectivity index (χ2n) is 16.0. The molecule has 0 N–H and O–H groups in total. The first-order valence-corrected chi connectivity index (χ1v) is 21.9. The van der Waals surface area contributed by atoms with Crippen molar-refractivity contribution in [3.63, 3.8) is 0 Å². The van der Waals surface area contributed by atoms with Crippen molar-refractivity contribution in [2.45, 2.75) is 0 Å². The molecule has 0 unspecified atom stereocenters. The lowest BCUT2D eigenvalue weighted by Gasteiger charge is -2.28. The Balaban J connectivity index is 1.02. The predicted molar refractivity (Wildman–Crippen MR) is 264 cm³/mol. The van der Waals surface area contributed by atoms with Crippen molar-refractivity contribution in [2.24, 2.45) is 0 Å². The molecule has 0 fully saturated rings. The minimum absolute atomic E-state index is 0.869. The van der Waals surface area contributed by atoms with E-state index in [-0.39, 0.29) is 0 Å². The van der Waals surface area contributed by atoms with Crippen molar-refractivity contribution in [2.75, 3.05) is 4.90 Å². The van der Waals surface area contributed by atoms with Crippen molar-refractivity contribution in [3.05, 3.63) is 218 Å². The Morgan fingerprint density at radius 3 is 1.85 bits per heavy atom. The molecule has 0 bridgehead atoms. The maximum atomic E-state index is 6.94. The lowest BCUT2D eigenvalue weighted by atomic mass is 9.95. The number of thiophene rings is 1. The molecule has 0 saturated heterocycles. The molecule has 0 aliphatic heterocycles. The average Bonchev–Trinajstić information content (AvgIpc) is 4.02. The largest absolute Gasteiger partial charge is 0.455 e. The number of hydrogen-bond donors (Lipinski definition) is 0. The van der Waals surface area contributed by atoms with Crippen molar-refractivity contribution >= 4 is 103 Å². The van der Waals surface area contributed by atoms with Crippen molar-refractivity contribution in [3.8, 4) is 27.9 Å². The van der Waals surface area contributed by atoms with Gasteiger partial charge < -0.3 is 13.9 Å². The van der Waals surface area contributed by atoms with Gasteiger partial charge in [0.1, 0.15) is 11.2 Å². The minimum atomic E-state index is 0.869. The molecule has 62 heavy (non-hydrogen) atoms. The van der Waals surface area contributed by atoms with Gasteiger partial charge in [0.15, 0.2) is 0 Å². The van der Waals surface area contributed by atoms with Gasteiger partial charge in [-0.15, -0.1) is 11.3 Å². The van der Waals surface area contributed by atoms with Gasteiger partial charge in [-0.25, -0.2) is 0 Å². The van der Waals surface area contributed by atoms with Crippen LogP contribution >= 0.6 is 11.3 Å². The standard InChI is InChI=1S/C58H36N2OS/c1-2-18-42-38(14-1)15-12-23-43(42)46-34-35-52(57-47-21-5-9-27-53(47)61-58(46)57)59(51-26-13-29-55-56(51)48-22-6-10-28-54(48)62-55)40-32-30-37(31-33-40)39-16-11-17-41(36-39)60-49-24-7-3-19-44(49)45-20-4-8-25-50(45)60/h1-36H. The highest BCUT2D eigenvalue weighted by molar-refractivity contribution is 7.26. The molecule has 0 aliphatic rings. The van der Waals surface area contributed by atoms with Crippen molar-refractivity contribution in [1.82, 2.24) is 4.57 Å². The van der Waals surface area contributed by atoms with Gasteiger partial charge in [-0.2, -0.15) is 0 Å². The van der Waals surface area contributed by atoms with Crippen LogP contribution in [0.2, 0.25) is 0 Å². The molecule has 0 saturated carbocycles. The highest BCUT2D eigenvalue weighted by atomic mass is 32.1. The van der Waals surface area contributed by atoms with Gasteiger partial charge >= 0.3 is 0 Å². The van der Waals surface area contributed by atoms with E-state index in [1.54, 1.807) is 0 Å². The van der Waals surface area contributed by atoms with Gasteiger partial charge in [0.05, 0.1) is 27.8 Å². The molecule has 290 valence electrons. The second-order valence-corrected chi connectivity index (χ2v) is 17.1. The van der Waals surface area contributed by atoms with E-state index in [2.05, 4.69) is 228 Å². The number of aromatic nitrogens is 1. The maximum absolute atomic E-state index is 6.94. The van der Waals surface area contributed by atoms with Gasteiger partial charge in [0.2, 0.25) is 0 Å². The maximum Gasteiger partial charge on any atom is 0.145 e.